The number of likely N-dealkylation sites (tertiary alicyclic amines) is 1. The molecular weight excluding hydrogens is 198 g/mol. The van der Waals surface area contributed by atoms with Crippen LogP contribution in [0.3, 0.4) is 0 Å². The molecular formula is C10H11NO4. The Hall–Kier alpha value is -1.78. The van der Waals surface area contributed by atoms with Gasteiger partial charge in [-0.1, -0.05) is 0 Å². The first-order valence-corrected chi connectivity index (χ1v) is 4.74. The van der Waals surface area contributed by atoms with E-state index in [1.165, 1.54) is 11.2 Å². The monoisotopic (exact) mass is 209 g/mol. The number of carbonyl (C=O) groups is 2. The second-order valence-electron chi connectivity index (χ2n) is 3.55. The Balaban J connectivity index is 2.02. The molecule has 1 N–H and O–H groups in total. The van der Waals surface area contributed by atoms with E-state index in [1.807, 2.05) is 0 Å². The Bertz CT molecular complexity index is 371. The fraction of sp³-hybridized carbons (Fsp3) is 0.400. The highest BCUT2D eigenvalue weighted by atomic mass is 16.4. The molecule has 1 aromatic rings. The van der Waals surface area contributed by atoms with E-state index in [1.54, 1.807) is 12.1 Å². The van der Waals surface area contributed by atoms with Crippen LogP contribution in [0.5, 0.6) is 0 Å². The van der Waals surface area contributed by atoms with Gasteiger partial charge in [-0.05, 0) is 18.6 Å². The summed E-state index contributed by atoms with van der Waals surface area (Å²) < 4.78 is 4.96. The number of rotatable bonds is 2. The van der Waals surface area contributed by atoms with Crippen LogP contribution in [0.15, 0.2) is 22.8 Å². The molecule has 1 saturated heterocycles. The van der Waals surface area contributed by atoms with Gasteiger partial charge in [0.25, 0.3) is 5.91 Å². The van der Waals surface area contributed by atoms with Gasteiger partial charge in [0.2, 0.25) is 0 Å². The molecule has 5 nitrogen and oxygen atoms in total. The summed E-state index contributed by atoms with van der Waals surface area (Å²) in [4.78, 5) is 23.9. The number of hydrogen-bond donors (Lipinski definition) is 1. The lowest BCUT2D eigenvalue weighted by molar-refractivity contribution is -0.141. The molecule has 1 aliphatic rings. The summed E-state index contributed by atoms with van der Waals surface area (Å²) in [6.07, 6.45) is 1.94. The molecule has 1 fully saturated rings. The second kappa shape index (κ2) is 3.76. The van der Waals surface area contributed by atoms with Gasteiger partial charge in [-0.25, -0.2) is 0 Å². The number of hydrogen-bond acceptors (Lipinski definition) is 3. The van der Waals surface area contributed by atoms with Crippen LogP contribution in [0.1, 0.15) is 17.0 Å². The van der Waals surface area contributed by atoms with Crippen LogP contribution < -0.4 is 0 Å². The van der Waals surface area contributed by atoms with Crippen molar-refractivity contribution in [3.05, 3.63) is 24.2 Å². The molecule has 0 unspecified atom stereocenters. The highest BCUT2D eigenvalue weighted by molar-refractivity contribution is 5.92. The van der Waals surface area contributed by atoms with Crippen molar-refractivity contribution < 1.29 is 19.1 Å². The van der Waals surface area contributed by atoms with Gasteiger partial charge < -0.3 is 14.4 Å². The largest absolute Gasteiger partial charge is 0.481 e. The second-order valence-corrected chi connectivity index (χ2v) is 3.55. The first-order chi connectivity index (χ1) is 7.18. The molecule has 0 aromatic carbocycles. The van der Waals surface area contributed by atoms with Crippen LogP contribution in [-0.2, 0) is 4.79 Å². The van der Waals surface area contributed by atoms with Crippen LogP contribution in [0.25, 0.3) is 0 Å². The van der Waals surface area contributed by atoms with Crippen LogP contribution in [0, 0.1) is 5.92 Å². The van der Waals surface area contributed by atoms with Crippen molar-refractivity contribution in [2.75, 3.05) is 13.1 Å². The zero-order valence-corrected chi connectivity index (χ0v) is 8.05. The number of carboxylic acids is 1. The van der Waals surface area contributed by atoms with Crippen molar-refractivity contribution in [3.63, 3.8) is 0 Å². The summed E-state index contributed by atoms with van der Waals surface area (Å²) in [6, 6.07) is 3.22. The lowest BCUT2D eigenvalue weighted by Gasteiger charge is -2.13. The summed E-state index contributed by atoms with van der Waals surface area (Å²) in [7, 11) is 0. The zero-order chi connectivity index (χ0) is 10.8. The van der Waals surface area contributed by atoms with Crippen LogP contribution in [0.4, 0.5) is 0 Å². The molecule has 2 rings (SSSR count). The highest BCUT2D eigenvalue weighted by Crippen LogP contribution is 2.18. The average Bonchev–Trinajstić information content (AvgIpc) is 2.88. The fourth-order valence-electron chi connectivity index (χ4n) is 1.70. The summed E-state index contributed by atoms with van der Waals surface area (Å²) in [6.45, 7) is 0.755. The molecule has 1 atom stereocenters. The number of furan rings is 1. The van der Waals surface area contributed by atoms with Crippen LogP contribution >= 0.6 is 0 Å². The van der Waals surface area contributed by atoms with Gasteiger partial charge in [0.05, 0.1) is 12.2 Å². The average molecular weight is 209 g/mol. The Kier molecular flexibility index (Phi) is 2.45. The number of carboxylic acid groups (broad SMARTS) is 1. The third kappa shape index (κ3) is 1.86. The lowest BCUT2D eigenvalue weighted by atomic mass is 10.1. The normalized spacial score (nSPS) is 20.5. The summed E-state index contributed by atoms with van der Waals surface area (Å²) >= 11 is 0. The SMILES string of the molecule is O=C(O)[C@H]1CCN(C(=O)c2ccco2)C1. The molecule has 0 aliphatic carbocycles. The van der Waals surface area contributed by atoms with Crippen molar-refractivity contribution in [1.29, 1.82) is 0 Å². The molecule has 0 saturated carbocycles. The number of aliphatic carboxylic acids is 1. The molecule has 0 radical (unpaired) electrons. The van der Waals surface area contributed by atoms with Crippen molar-refractivity contribution in [2.45, 2.75) is 6.42 Å². The van der Waals surface area contributed by atoms with E-state index < -0.39 is 11.9 Å². The van der Waals surface area contributed by atoms with Crippen molar-refractivity contribution >= 4 is 11.9 Å². The predicted molar refractivity (Wildman–Crippen MR) is 50.4 cm³/mol. The minimum absolute atomic E-state index is 0.233. The predicted octanol–water partition coefficient (Wildman–Crippen LogP) is 0.826. The Labute approximate surface area is 86.3 Å². The third-order valence-corrected chi connectivity index (χ3v) is 2.56. The standard InChI is InChI=1S/C10H11NO4/c12-9(8-2-1-5-15-8)11-4-3-7(6-11)10(13)14/h1-2,5,7H,3-4,6H2,(H,13,14)/t7-/m0/s1. The quantitative estimate of drug-likeness (QED) is 0.783. The van der Waals surface area contributed by atoms with Gasteiger partial charge in [0.1, 0.15) is 0 Å². The smallest absolute Gasteiger partial charge is 0.308 e. The van der Waals surface area contributed by atoms with Gasteiger partial charge in [-0.15, -0.1) is 0 Å². The minimum atomic E-state index is -0.843. The van der Waals surface area contributed by atoms with Gasteiger partial charge in [0, 0.05) is 13.1 Å². The van der Waals surface area contributed by atoms with Gasteiger partial charge in [-0.3, -0.25) is 9.59 Å². The maximum Gasteiger partial charge on any atom is 0.308 e. The molecule has 80 valence electrons. The Morgan fingerprint density at radius 2 is 2.33 bits per heavy atom. The molecule has 1 amide bonds. The van der Waals surface area contributed by atoms with E-state index in [0.717, 1.165) is 0 Å². The minimum Gasteiger partial charge on any atom is -0.481 e. The molecule has 2 heterocycles. The van der Waals surface area contributed by atoms with Crippen molar-refractivity contribution in [2.24, 2.45) is 5.92 Å². The van der Waals surface area contributed by atoms with Gasteiger partial charge in [-0.2, -0.15) is 0 Å². The van der Waals surface area contributed by atoms with E-state index >= 15 is 0 Å². The summed E-state index contributed by atoms with van der Waals surface area (Å²) in [5.74, 6) is -1.25. The number of amides is 1. The maximum atomic E-state index is 11.7. The van der Waals surface area contributed by atoms with Crippen molar-refractivity contribution in [1.82, 2.24) is 4.90 Å². The van der Waals surface area contributed by atoms with E-state index in [9.17, 15) is 9.59 Å². The zero-order valence-electron chi connectivity index (χ0n) is 8.05. The van der Waals surface area contributed by atoms with Crippen LogP contribution in [0.2, 0.25) is 0 Å². The van der Waals surface area contributed by atoms with E-state index in [0.29, 0.717) is 13.0 Å². The van der Waals surface area contributed by atoms with E-state index in [-0.39, 0.29) is 18.2 Å². The van der Waals surface area contributed by atoms with E-state index in [4.69, 9.17) is 9.52 Å². The van der Waals surface area contributed by atoms with Gasteiger partial charge in [0.15, 0.2) is 5.76 Å². The molecule has 1 aromatic heterocycles. The topological polar surface area (TPSA) is 70.8 Å². The van der Waals surface area contributed by atoms with Gasteiger partial charge >= 0.3 is 5.97 Å². The maximum absolute atomic E-state index is 11.7. The van der Waals surface area contributed by atoms with E-state index in [2.05, 4.69) is 0 Å². The summed E-state index contributed by atoms with van der Waals surface area (Å²) in [5, 5.41) is 8.78. The lowest BCUT2D eigenvalue weighted by Crippen LogP contribution is -2.29. The Morgan fingerprint density at radius 1 is 1.53 bits per heavy atom. The first-order valence-electron chi connectivity index (χ1n) is 4.74. The summed E-state index contributed by atoms with van der Waals surface area (Å²) in [5.41, 5.74) is 0. The molecule has 0 spiro atoms. The fourth-order valence-corrected chi connectivity index (χ4v) is 1.70. The molecule has 0 bridgehead atoms. The van der Waals surface area contributed by atoms with Crippen molar-refractivity contribution in [3.8, 4) is 0 Å². The molecule has 15 heavy (non-hydrogen) atoms. The number of nitrogens with zero attached hydrogens (tertiary/aromatic N) is 1. The first kappa shape index (κ1) is 9.76. The number of carbonyl (C=O) groups excluding carboxylic acids is 1. The Morgan fingerprint density at radius 3 is 2.87 bits per heavy atom. The highest BCUT2D eigenvalue weighted by Gasteiger charge is 2.31. The van der Waals surface area contributed by atoms with Crippen LogP contribution in [-0.4, -0.2) is 35.0 Å². The molecule has 5 heteroatoms. The third-order valence-electron chi connectivity index (χ3n) is 2.56. The molecule has 1 aliphatic heterocycles.